The van der Waals surface area contributed by atoms with Crippen LogP contribution in [0.4, 0.5) is 11.4 Å². The quantitative estimate of drug-likeness (QED) is 0.898. The standard InChI is InChI=1S/C13H19ClN2O/c1-9-11(7-8-17-9)15-12-6-4-5-10(14)13(12)16(2)3/h4-6,9,11,15H,7-8H2,1-3H3. The number of halogens is 1. The molecule has 1 heterocycles. The van der Waals surface area contributed by atoms with Gasteiger partial charge in [-0.3, -0.25) is 0 Å². The summed E-state index contributed by atoms with van der Waals surface area (Å²) in [5.74, 6) is 0. The first-order valence-corrected chi connectivity index (χ1v) is 6.31. The van der Waals surface area contributed by atoms with Crippen LogP contribution in [0.3, 0.4) is 0 Å². The first-order valence-electron chi connectivity index (χ1n) is 5.93. The van der Waals surface area contributed by atoms with Crippen molar-refractivity contribution in [2.45, 2.75) is 25.5 Å². The van der Waals surface area contributed by atoms with Crippen LogP contribution in [-0.2, 0) is 4.74 Å². The summed E-state index contributed by atoms with van der Waals surface area (Å²) in [6.07, 6.45) is 1.30. The lowest BCUT2D eigenvalue weighted by Gasteiger charge is -2.24. The van der Waals surface area contributed by atoms with Crippen molar-refractivity contribution < 1.29 is 4.74 Å². The van der Waals surface area contributed by atoms with Gasteiger partial charge in [-0.05, 0) is 25.5 Å². The van der Waals surface area contributed by atoms with Crippen LogP contribution in [0.2, 0.25) is 5.02 Å². The third kappa shape index (κ3) is 2.67. The molecule has 4 heteroatoms. The monoisotopic (exact) mass is 254 g/mol. The van der Waals surface area contributed by atoms with Crippen LogP contribution in [0.1, 0.15) is 13.3 Å². The fraction of sp³-hybridized carbons (Fsp3) is 0.538. The second-order valence-electron chi connectivity index (χ2n) is 4.65. The lowest BCUT2D eigenvalue weighted by molar-refractivity contribution is 0.121. The van der Waals surface area contributed by atoms with Crippen molar-refractivity contribution in [2.75, 3.05) is 30.9 Å². The van der Waals surface area contributed by atoms with Gasteiger partial charge >= 0.3 is 0 Å². The normalized spacial score (nSPS) is 23.8. The number of ether oxygens (including phenoxy) is 1. The van der Waals surface area contributed by atoms with Gasteiger partial charge in [-0.15, -0.1) is 0 Å². The van der Waals surface area contributed by atoms with Crippen molar-refractivity contribution in [3.05, 3.63) is 23.2 Å². The fourth-order valence-electron chi connectivity index (χ4n) is 2.21. The fourth-order valence-corrected chi connectivity index (χ4v) is 2.55. The molecule has 1 aliphatic heterocycles. The molecule has 17 heavy (non-hydrogen) atoms. The van der Waals surface area contributed by atoms with Crippen LogP contribution in [0.5, 0.6) is 0 Å². The van der Waals surface area contributed by atoms with Gasteiger partial charge in [-0.2, -0.15) is 0 Å². The summed E-state index contributed by atoms with van der Waals surface area (Å²) in [6.45, 7) is 2.93. The molecular formula is C13H19ClN2O. The molecule has 1 aromatic rings. The number of rotatable bonds is 3. The number of benzene rings is 1. The third-order valence-corrected chi connectivity index (χ3v) is 3.46. The molecule has 0 aliphatic carbocycles. The van der Waals surface area contributed by atoms with Crippen molar-refractivity contribution in [3.8, 4) is 0 Å². The van der Waals surface area contributed by atoms with E-state index in [1.165, 1.54) is 0 Å². The van der Waals surface area contributed by atoms with Crippen LogP contribution in [0.15, 0.2) is 18.2 Å². The molecule has 0 saturated carbocycles. The first-order chi connectivity index (χ1) is 8.09. The van der Waals surface area contributed by atoms with Crippen LogP contribution in [-0.4, -0.2) is 32.8 Å². The average Bonchev–Trinajstić information content (AvgIpc) is 2.64. The maximum atomic E-state index is 6.23. The van der Waals surface area contributed by atoms with Crippen molar-refractivity contribution in [1.29, 1.82) is 0 Å². The SMILES string of the molecule is CC1OCCC1Nc1cccc(Cl)c1N(C)C. The Morgan fingerprint density at radius 1 is 1.41 bits per heavy atom. The zero-order valence-corrected chi connectivity index (χ0v) is 11.3. The summed E-state index contributed by atoms with van der Waals surface area (Å²) >= 11 is 6.23. The molecule has 0 bridgehead atoms. The van der Waals surface area contributed by atoms with Crippen LogP contribution in [0.25, 0.3) is 0 Å². The van der Waals surface area contributed by atoms with E-state index in [9.17, 15) is 0 Å². The van der Waals surface area contributed by atoms with Crippen molar-refractivity contribution in [3.63, 3.8) is 0 Å². The van der Waals surface area contributed by atoms with Crippen molar-refractivity contribution in [2.24, 2.45) is 0 Å². The molecule has 0 aromatic heterocycles. The average molecular weight is 255 g/mol. The highest BCUT2D eigenvalue weighted by Crippen LogP contribution is 2.34. The van der Waals surface area contributed by atoms with Gasteiger partial charge in [0.2, 0.25) is 0 Å². The van der Waals surface area contributed by atoms with E-state index < -0.39 is 0 Å². The molecule has 94 valence electrons. The maximum Gasteiger partial charge on any atom is 0.0786 e. The maximum absolute atomic E-state index is 6.23. The molecule has 1 aliphatic rings. The van der Waals surface area contributed by atoms with Crippen LogP contribution < -0.4 is 10.2 Å². The minimum Gasteiger partial charge on any atom is -0.378 e. The Balaban J connectivity index is 2.23. The molecule has 0 spiro atoms. The Labute approximate surface area is 108 Å². The number of para-hydroxylation sites is 1. The van der Waals surface area contributed by atoms with E-state index in [0.29, 0.717) is 6.04 Å². The number of anilines is 2. The molecule has 1 aromatic carbocycles. The lowest BCUT2D eigenvalue weighted by Crippen LogP contribution is -2.27. The Morgan fingerprint density at radius 3 is 2.76 bits per heavy atom. The summed E-state index contributed by atoms with van der Waals surface area (Å²) < 4.78 is 5.56. The van der Waals surface area contributed by atoms with Gasteiger partial charge in [0, 0.05) is 20.7 Å². The molecule has 2 atom stereocenters. The smallest absolute Gasteiger partial charge is 0.0786 e. The zero-order chi connectivity index (χ0) is 12.4. The topological polar surface area (TPSA) is 24.5 Å². The van der Waals surface area contributed by atoms with Gasteiger partial charge in [0.1, 0.15) is 0 Å². The molecule has 2 unspecified atom stereocenters. The zero-order valence-electron chi connectivity index (χ0n) is 10.5. The van der Waals surface area contributed by atoms with E-state index in [0.717, 1.165) is 29.4 Å². The van der Waals surface area contributed by atoms with E-state index in [-0.39, 0.29) is 6.10 Å². The Hall–Kier alpha value is -0.930. The van der Waals surface area contributed by atoms with Crippen LogP contribution >= 0.6 is 11.6 Å². The van der Waals surface area contributed by atoms with Gasteiger partial charge in [-0.1, -0.05) is 17.7 Å². The van der Waals surface area contributed by atoms with E-state index in [1.807, 2.05) is 31.1 Å². The summed E-state index contributed by atoms with van der Waals surface area (Å²) in [6, 6.07) is 6.31. The highest BCUT2D eigenvalue weighted by Gasteiger charge is 2.25. The van der Waals surface area contributed by atoms with E-state index >= 15 is 0 Å². The number of nitrogens with zero attached hydrogens (tertiary/aromatic N) is 1. The molecule has 0 amide bonds. The molecule has 2 rings (SSSR count). The van der Waals surface area contributed by atoms with E-state index in [1.54, 1.807) is 0 Å². The summed E-state index contributed by atoms with van der Waals surface area (Å²) in [7, 11) is 4.00. The Kier molecular flexibility index (Phi) is 3.79. The second-order valence-corrected chi connectivity index (χ2v) is 5.05. The first kappa shape index (κ1) is 12.5. The number of nitrogens with one attached hydrogen (secondary N) is 1. The van der Waals surface area contributed by atoms with E-state index in [2.05, 4.69) is 18.3 Å². The molecular weight excluding hydrogens is 236 g/mol. The van der Waals surface area contributed by atoms with Gasteiger partial charge in [0.05, 0.1) is 28.5 Å². The van der Waals surface area contributed by atoms with Crippen molar-refractivity contribution in [1.82, 2.24) is 0 Å². The van der Waals surface area contributed by atoms with Gasteiger partial charge in [0.25, 0.3) is 0 Å². The molecule has 0 radical (unpaired) electrons. The van der Waals surface area contributed by atoms with Gasteiger partial charge in [0.15, 0.2) is 0 Å². The Bertz CT molecular complexity index is 395. The highest BCUT2D eigenvalue weighted by atomic mass is 35.5. The largest absolute Gasteiger partial charge is 0.378 e. The molecule has 1 N–H and O–H groups in total. The summed E-state index contributed by atoms with van der Waals surface area (Å²) in [4.78, 5) is 2.03. The Morgan fingerprint density at radius 2 is 2.18 bits per heavy atom. The predicted octanol–water partition coefficient (Wildman–Crippen LogP) is 3.00. The predicted molar refractivity (Wildman–Crippen MR) is 73.2 cm³/mol. The minimum absolute atomic E-state index is 0.254. The summed E-state index contributed by atoms with van der Waals surface area (Å²) in [5.41, 5.74) is 2.11. The molecule has 3 nitrogen and oxygen atoms in total. The third-order valence-electron chi connectivity index (χ3n) is 3.15. The highest BCUT2D eigenvalue weighted by molar-refractivity contribution is 6.34. The lowest BCUT2D eigenvalue weighted by atomic mass is 10.1. The van der Waals surface area contributed by atoms with E-state index in [4.69, 9.17) is 16.3 Å². The number of hydrogen-bond acceptors (Lipinski definition) is 3. The summed E-state index contributed by atoms with van der Waals surface area (Å²) in [5, 5.41) is 4.30. The molecule has 1 saturated heterocycles. The minimum atomic E-state index is 0.254. The van der Waals surface area contributed by atoms with Gasteiger partial charge < -0.3 is 15.0 Å². The van der Waals surface area contributed by atoms with Gasteiger partial charge in [-0.25, -0.2) is 0 Å². The number of hydrogen-bond donors (Lipinski definition) is 1. The second kappa shape index (κ2) is 5.15. The van der Waals surface area contributed by atoms with Crippen molar-refractivity contribution >= 4 is 23.0 Å². The van der Waals surface area contributed by atoms with Crippen LogP contribution in [0, 0.1) is 0 Å². The molecule has 1 fully saturated rings.